The Labute approximate surface area is 110 Å². The first-order valence-corrected chi connectivity index (χ1v) is 7.65. The molecular formula is C15H25NO2. The van der Waals surface area contributed by atoms with Crippen LogP contribution in [-0.2, 0) is 9.53 Å². The van der Waals surface area contributed by atoms with Gasteiger partial charge in [-0.3, -0.25) is 4.79 Å². The maximum atomic E-state index is 12.3. The fraction of sp³-hybridized carbons (Fsp3) is 0.933. The van der Waals surface area contributed by atoms with Crippen molar-refractivity contribution in [1.29, 1.82) is 0 Å². The van der Waals surface area contributed by atoms with Gasteiger partial charge in [-0.15, -0.1) is 0 Å². The average molecular weight is 251 g/mol. The molecule has 2 aliphatic heterocycles. The average Bonchev–Trinajstić information content (AvgIpc) is 2.87. The molecule has 2 heterocycles. The summed E-state index contributed by atoms with van der Waals surface area (Å²) in [5.74, 6) is 1.55. The molecule has 3 fully saturated rings. The quantitative estimate of drug-likeness (QED) is 0.833. The van der Waals surface area contributed by atoms with Crippen LogP contribution in [0, 0.1) is 11.8 Å². The first kappa shape index (κ1) is 12.6. The number of carbonyl (C=O) groups excluding carboxylic acids is 1. The summed E-state index contributed by atoms with van der Waals surface area (Å²) < 4.78 is 5.90. The van der Waals surface area contributed by atoms with Crippen molar-refractivity contribution in [2.75, 3.05) is 19.7 Å². The lowest BCUT2D eigenvalue weighted by Gasteiger charge is -2.46. The molecule has 1 spiro atoms. The Morgan fingerprint density at radius 2 is 2.22 bits per heavy atom. The molecule has 1 saturated carbocycles. The Kier molecular flexibility index (Phi) is 3.71. The van der Waals surface area contributed by atoms with Gasteiger partial charge in [0, 0.05) is 18.9 Å². The van der Waals surface area contributed by atoms with Crippen molar-refractivity contribution in [2.24, 2.45) is 11.8 Å². The Morgan fingerprint density at radius 1 is 1.33 bits per heavy atom. The van der Waals surface area contributed by atoms with Crippen molar-refractivity contribution in [1.82, 2.24) is 5.32 Å². The minimum Gasteiger partial charge on any atom is -0.375 e. The van der Waals surface area contributed by atoms with Gasteiger partial charge in [0.25, 0.3) is 0 Å². The van der Waals surface area contributed by atoms with Gasteiger partial charge in [-0.1, -0.05) is 0 Å². The fourth-order valence-electron chi connectivity index (χ4n) is 3.73. The van der Waals surface area contributed by atoms with Gasteiger partial charge in [-0.2, -0.15) is 0 Å². The normalized spacial score (nSPS) is 34.4. The lowest BCUT2D eigenvalue weighted by molar-refractivity contribution is -0.155. The number of carbonyl (C=O) groups is 1. The van der Waals surface area contributed by atoms with E-state index < -0.39 is 0 Å². The van der Waals surface area contributed by atoms with E-state index in [0.29, 0.717) is 11.7 Å². The zero-order valence-corrected chi connectivity index (χ0v) is 11.2. The van der Waals surface area contributed by atoms with Crippen molar-refractivity contribution in [3.63, 3.8) is 0 Å². The van der Waals surface area contributed by atoms with Crippen LogP contribution in [-0.4, -0.2) is 31.1 Å². The van der Waals surface area contributed by atoms with E-state index in [-0.39, 0.29) is 5.60 Å². The molecular weight excluding hydrogens is 226 g/mol. The molecule has 3 aliphatic rings. The Hall–Kier alpha value is -0.410. The molecule has 18 heavy (non-hydrogen) atoms. The van der Waals surface area contributed by atoms with Crippen LogP contribution in [0.4, 0.5) is 0 Å². The first-order chi connectivity index (χ1) is 8.77. The highest BCUT2D eigenvalue weighted by Crippen LogP contribution is 2.44. The summed E-state index contributed by atoms with van der Waals surface area (Å²) in [4.78, 5) is 12.3. The zero-order chi connectivity index (χ0) is 12.4. The summed E-state index contributed by atoms with van der Waals surface area (Å²) in [5.41, 5.74) is 0.119. The van der Waals surface area contributed by atoms with Crippen LogP contribution < -0.4 is 5.32 Å². The largest absolute Gasteiger partial charge is 0.375 e. The van der Waals surface area contributed by atoms with Crippen LogP contribution in [0.1, 0.15) is 51.4 Å². The molecule has 102 valence electrons. The topological polar surface area (TPSA) is 38.3 Å². The second-order valence-corrected chi connectivity index (χ2v) is 6.44. The summed E-state index contributed by atoms with van der Waals surface area (Å²) in [6.45, 7) is 3.06. The summed E-state index contributed by atoms with van der Waals surface area (Å²) in [6.07, 6.45) is 8.77. The third-order valence-electron chi connectivity index (χ3n) is 5.17. The smallest absolute Gasteiger partial charge is 0.136 e. The van der Waals surface area contributed by atoms with Gasteiger partial charge >= 0.3 is 0 Å². The maximum absolute atomic E-state index is 12.3. The summed E-state index contributed by atoms with van der Waals surface area (Å²) >= 11 is 0. The molecule has 2 saturated heterocycles. The van der Waals surface area contributed by atoms with E-state index in [1.54, 1.807) is 0 Å². The molecule has 1 N–H and O–H groups in total. The first-order valence-electron chi connectivity index (χ1n) is 7.65. The molecule has 2 atom stereocenters. The van der Waals surface area contributed by atoms with Crippen LogP contribution in [0.3, 0.4) is 0 Å². The summed E-state index contributed by atoms with van der Waals surface area (Å²) in [5, 5.41) is 3.38. The molecule has 1 aliphatic carbocycles. The van der Waals surface area contributed by atoms with Crippen molar-refractivity contribution < 1.29 is 9.53 Å². The number of Topliss-reactive ketones (excluding diaryl/α,β-unsaturated/α-hetero) is 1. The molecule has 0 aromatic rings. The highest BCUT2D eigenvalue weighted by atomic mass is 16.5. The van der Waals surface area contributed by atoms with Gasteiger partial charge in [0.15, 0.2) is 0 Å². The second kappa shape index (κ2) is 5.30. The van der Waals surface area contributed by atoms with Gasteiger partial charge in [-0.05, 0) is 64.0 Å². The number of ether oxygens (including phenoxy) is 1. The van der Waals surface area contributed by atoms with Crippen LogP contribution >= 0.6 is 0 Å². The zero-order valence-electron chi connectivity index (χ0n) is 11.2. The fourth-order valence-corrected chi connectivity index (χ4v) is 3.73. The highest BCUT2D eigenvalue weighted by molar-refractivity contribution is 5.81. The van der Waals surface area contributed by atoms with Crippen LogP contribution in [0.15, 0.2) is 0 Å². The van der Waals surface area contributed by atoms with E-state index in [0.717, 1.165) is 51.3 Å². The van der Waals surface area contributed by atoms with Crippen molar-refractivity contribution in [3.8, 4) is 0 Å². The summed E-state index contributed by atoms with van der Waals surface area (Å²) in [7, 11) is 0. The Balaban J connectivity index is 1.46. The Morgan fingerprint density at radius 3 is 2.89 bits per heavy atom. The van der Waals surface area contributed by atoms with Crippen molar-refractivity contribution >= 4 is 5.78 Å². The van der Waals surface area contributed by atoms with Gasteiger partial charge in [0.05, 0.1) is 5.60 Å². The predicted molar refractivity (Wildman–Crippen MR) is 70.5 cm³/mol. The maximum Gasteiger partial charge on any atom is 0.136 e. The molecule has 0 aromatic heterocycles. The highest BCUT2D eigenvalue weighted by Gasteiger charge is 2.44. The molecule has 0 radical (unpaired) electrons. The lowest BCUT2D eigenvalue weighted by Crippen LogP contribution is -2.47. The third kappa shape index (κ3) is 2.62. The van der Waals surface area contributed by atoms with Gasteiger partial charge < -0.3 is 10.1 Å². The molecule has 3 heteroatoms. The van der Waals surface area contributed by atoms with Crippen molar-refractivity contribution in [2.45, 2.75) is 57.0 Å². The van der Waals surface area contributed by atoms with Gasteiger partial charge in [0.1, 0.15) is 5.78 Å². The van der Waals surface area contributed by atoms with E-state index in [4.69, 9.17) is 4.74 Å². The predicted octanol–water partition coefficient (Wildman–Crippen LogP) is 2.29. The Bertz CT molecular complexity index is 306. The van der Waals surface area contributed by atoms with E-state index in [9.17, 15) is 4.79 Å². The molecule has 3 rings (SSSR count). The molecule has 0 amide bonds. The minimum atomic E-state index is 0.119. The van der Waals surface area contributed by atoms with Crippen LogP contribution in [0.5, 0.6) is 0 Å². The standard InChI is InChI=1S/C15H25NO2/c17-14(3-2-12-4-8-16-11-12)13-5-9-18-15(10-13)6-1-7-15/h12-13,16H,1-11H2. The number of nitrogens with one attached hydrogen (secondary N) is 1. The molecule has 2 unspecified atom stereocenters. The molecule has 0 bridgehead atoms. The van der Waals surface area contributed by atoms with Crippen LogP contribution in [0.2, 0.25) is 0 Å². The van der Waals surface area contributed by atoms with Gasteiger partial charge in [0.2, 0.25) is 0 Å². The van der Waals surface area contributed by atoms with Crippen LogP contribution in [0.25, 0.3) is 0 Å². The third-order valence-corrected chi connectivity index (χ3v) is 5.17. The van der Waals surface area contributed by atoms with E-state index in [2.05, 4.69) is 5.32 Å². The summed E-state index contributed by atoms with van der Waals surface area (Å²) in [6, 6.07) is 0. The molecule has 3 nitrogen and oxygen atoms in total. The van der Waals surface area contributed by atoms with E-state index >= 15 is 0 Å². The van der Waals surface area contributed by atoms with E-state index in [1.165, 1.54) is 25.7 Å². The lowest BCUT2D eigenvalue weighted by atomic mass is 9.70. The number of hydrogen-bond donors (Lipinski definition) is 1. The monoisotopic (exact) mass is 251 g/mol. The van der Waals surface area contributed by atoms with E-state index in [1.807, 2.05) is 0 Å². The molecule has 0 aromatic carbocycles. The number of rotatable bonds is 4. The number of hydrogen-bond acceptors (Lipinski definition) is 3. The SMILES string of the molecule is O=C(CCC1CCNC1)C1CCOC2(CCC2)C1. The van der Waals surface area contributed by atoms with Crippen molar-refractivity contribution in [3.05, 3.63) is 0 Å². The van der Waals surface area contributed by atoms with Gasteiger partial charge in [-0.25, -0.2) is 0 Å². The minimum absolute atomic E-state index is 0.119. The second-order valence-electron chi connectivity index (χ2n) is 6.44. The number of ketones is 1.